The Morgan fingerprint density at radius 3 is 2.24 bits per heavy atom. The van der Waals surface area contributed by atoms with Gasteiger partial charge in [0.15, 0.2) is 0 Å². The van der Waals surface area contributed by atoms with Gasteiger partial charge in [-0.2, -0.15) is 0 Å². The molecule has 0 aliphatic heterocycles. The molecule has 1 rings (SSSR count). The molecule has 0 heterocycles. The van der Waals surface area contributed by atoms with Crippen molar-refractivity contribution in [2.45, 2.75) is 45.4 Å². The summed E-state index contributed by atoms with van der Waals surface area (Å²) in [5, 5.41) is 0. The Hall–Kier alpha value is -1.31. The first-order valence-corrected chi connectivity index (χ1v) is 6.09. The lowest BCUT2D eigenvalue weighted by atomic mass is 9.86. The minimum absolute atomic E-state index is 0.128. The van der Waals surface area contributed by atoms with Crippen molar-refractivity contribution in [1.29, 1.82) is 0 Å². The summed E-state index contributed by atoms with van der Waals surface area (Å²) in [7, 11) is 1.43. The number of carbonyl (C=O) groups excluding carboxylic acids is 1. The summed E-state index contributed by atoms with van der Waals surface area (Å²) in [6.07, 6.45) is 2.28. The molecule has 0 fully saturated rings. The number of methoxy groups -OCH3 is 1. The van der Waals surface area contributed by atoms with Crippen LogP contribution in [0.1, 0.15) is 44.7 Å². The topological polar surface area (TPSA) is 26.3 Å². The molecule has 0 saturated carbocycles. The Kier molecular flexibility index (Phi) is 4.73. The van der Waals surface area contributed by atoms with Gasteiger partial charge in [0, 0.05) is 6.42 Å². The molecule has 0 N–H and O–H groups in total. The van der Waals surface area contributed by atoms with Crippen molar-refractivity contribution in [3.63, 3.8) is 0 Å². The molecule has 0 aliphatic carbocycles. The molecule has 0 aromatic heterocycles. The zero-order chi connectivity index (χ0) is 12.9. The van der Waals surface area contributed by atoms with Crippen molar-refractivity contribution in [1.82, 2.24) is 0 Å². The molecule has 0 atom stereocenters. The highest BCUT2D eigenvalue weighted by Gasteiger charge is 2.12. The molecule has 2 nitrogen and oxygen atoms in total. The Bertz CT molecular complexity index is 358. The fourth-order valence-corrected chi connectivity index (χ4v) is 1.71. The van der Waals surface area contributed by atoms with Gasteiger partial charge in [0.05, 0.1) is 7.11 Å². The standard InChI is InChI=1S/C15H22O2/c1-15(2,3)13-10-8-12(9-11-13)6-5-7-14(16)17-4/h8-11H,5-7H2,1-4H3. The second-order valence-corrected chi connectivity index (χ2v) is 5.38. The average Bonchev–Trinajstić information content (AvgIpc) is 2.28. The minimum atomic E-state index is -0.128. The maximum atomic E-state index is 11.0. The number of hydrogen-bond acceptors (Lipinski definition) is 2. The third-order valence-corrected chi connectivity index (χ3v) is 2.89. The van der Waals surface area contributed by atoms with Crippen LogP contribution in [0.25, 0.3) is 0 Å². The minimum Gasteiger partial charge on any atom is -0.469 e. The van der Waals surface area contributed by atoms with Gasteiger partial charge in [-0.25, -0.2) is 0 Å². The molecular weight excluding hydrogens is 212 g/mol. The van der Waals surface area contributed by atoms with Crippen LogP contribution in [-0.2, 0) is 21.4 Å². The zero-order valence-corrected chi connectivity index (χ0v) is 11.2. The van der Waals surface area contributed by atoms with E-state index in [4.69, 9.17) is 0 Å². The van der Waals surface area contributed by atoms with Crippen molar-refractivity contribution in [2.24, 2.45) is 0 Å². The van der Waals surface area contributed by atoms with E-state index < -0.39 is 0 Å². The lowest BCUT2D eigenvalue weighted by Crippen LogP contribution is -2.10. The van der Waals surface area contributed by atoms with Crippen LogP contribution >= 0.6 is 0 Å². The van der Waals surface area contributed by atoms with Gasteiger partial charge >= 0.3 is 5.97 Å². The van der Waals surface area contributed by atoms with Crippen molar-refractivity contribution < 1.29 is 9.53 Å². The number of rotatable bonds is 4. The highest BCUT2D eigenvalue weighted by Crippen LogP contribution is 2.22. The molecule has 0 bridgehead atoms. The van der Waals surface area contributed by atoms with Gasteiger partial charge < -0.3 is 4.74 Å². The van der Waals surface area contributed by atoms with E-state index in [9.17, 15) is 4.79 Å². The summed E-state index contributed by atoms with van der Waals surface area (Å²) in [5.74, 6) is -0.128. The van der Waals surface area contributed by atoms with E-state index in [0.29, 0.717) is 6.42 Å². The lowest BCUT2D eigenvalue weighted by molar-refractivity contribution is -0.140. The highest BCUT2D eigenvalue weighted by atomic mass is 16.5. The summed E-state index contributed by atoms with van der Waals surface area (Å²) in [5.41, 5.74) is 2.82. The Balaban J connectivity index is 2.49. The smallest absolute Gasteiger partial charge is 0.305 e. The van der Waals surface area contributed by atoms with E-state index in [1.54, 1.807) is 0 Å². The van der Waals surface area contributed by atoms with Crippen LogP contribution in [-0.4, -0.2) is 13.1 Å². The van der Waals surface area contributed by atoms with E-state index in [1.807, 2.05) is 0 Å². The average molecular weight is 234 g/mol. The van der Waals surface area contributed by atoms with Gasteiger partial charge in [-0.1, -0.05) is 45.0 Å². The van der Waals surface area contributed by atoms with Gasteiger partial charge in [-0.05, 0) is 29.4 Å². The molecule has 1 aromatic rings. The fraction of sp³-hybridized carbons (Fsp3) is 0.533. The van der Waals surface area contributed by atoms with Crippen molar-refractivity contribution in [3.8, 4) is 0 Å². The van der Waals surface area contributed by atoms with Crippen LogP contribution in [0.2, 0.25) is 0 Å². The summed E-state index contributed by atoms with van der Waals surface area (Å²) in [4.78, 5) is 11.0. The molecule has 0 amide bonds. The maximum Gasteiger partial charge on any atom is 0.305 e. The summed E-state index contributed by atoms with van der Waals surface area (Å²) >= 11 is 0. The third kappa shape index (κ3) is 4.59. The Morgan fingerprint density at radius 1 is 1.18 bits per heavy atom. The number of benzene rings is 1. The highest BCUT2D eigenvalue weighted by molar-refractivity contribution is 5.69. The lowest BCUT2D eigenvalue weighted by Gasteiger charge is -2.19. The summed E-state index contributed by atoms with van der Waals surface area (Å²) in [6.45, 7) is 6.62. The van der Waals surface area contributed by atoms with Crippen LogP contribution in [0.4, 0.5) is 0 Å². The molecule has 94 valence electrons. The van der Waals surface area contributed by atoms with Gasteiger partial charge in [-0.15, -0.1) is 0 Å². The Morgan fingerprint density at radius 2 is 1.76 bits per heavy atom. The molecule has 0 radical (unpaired) electrons. The second-order valence-electron chi connectivity index (χ2n) is 5.38. The predicted molar refractivity (Wildman–Crippen MR) is 70.1 cm³/mol. The van der Waals surface area contributed by atoms with Gasteiger partial charge in [0.2, 0.25) is 0 Å². The Labute approximate surface area is 104 Å². The third-order valence-electron chi connectivity index (χ3n) is 2.89. The first kappa shape index (κ1) is 13.8. The normalized spacial score (nSPS) is 11.3. The molecule has 0 saturated heterocycles. The van der Waals surface area contributed by atoms with E-state index in [-0.39, 0.29) is 11.4 Å². The first-order chi connectivity index (χ1) is 7.93. The first-order valence-electron chi connectivity index (χ1n) is 6.09. The number of aryl methyl sites for hydroxylation is 1. The van der Waals surface area contributed by atoms with Crippen LogP contribution in [0.5, 0.6) is 0 Å². The largest absolute Gasteiger partial charge is 0.469 e. The van der Waals surface area contributed by atoms with E-state index in [0.717, 1.165) is 12.8 Å². The molecule has 1 aromatic carbocycles. The van der Waals surface area contributed by atoms with Crippen LogP contribution in [0.3, 0.4) is 0 Å². The molecule has 2 heteroatoms. The van der Waals surface area contributed by atoms with Gasteiger partial charge in [0.1, 0.15) is 0 Å². The SMILES string of the molecule is COC(=O)CCCc1ccc(C(C)(C)C)cc1. The molecule has 0 unspecified atom stereocenters. The fourth-order valence-electron chi connectivity index (χ4n) is 1.71. The van der Waals surface area contributed by atoms with E-state index in [1.165, 1.54) is 18.2 Å². The van der Waals surface area contributed by atoms with Gasteiger partial charge in [0.25, 0.3) is 0 Å². The van der Waals surface area contributed by atoms with Crippen LogP contribution < -0.4 is 0 Å². The van der Waals surface area contributed by atoms with E-state index >= 15 is 0 Å². The number of ether oxygens (including phenoxy) is 1. The second kappa shape index (κ2) is 5.85. The van der Waals surface area contributed by atoms with Crippen LogP contribution in [0.15, 0.2) is 24.3 Å². The monoisotopic (exact) mass is 234 g/mol. The van der Waals surface area contributed by atoms with E-state index in [2.05, 4.69) is 49.8 Å². The quantitative estimate of drug-likeness (QED) is 0.745. The summed E-state index contributed by atoms with van der Waals surface area (Å²) in [6, 6.07) is 8.65. The van der Waals surface area contributed by atoms with Crippen LogP contribution in [0, 0.1) is 0 Å². The molecular formula is C15H22O2. The number of carbonyl (C=O) groups is 1. The van der Waals surface area contributed by atoms with Crippen molar-refractivity contribution >= 4 is 5.97 Å². The predicted octanol–water partition coefficient (Wildman–Crippen LogP) is 3.48. The zero-order valence-electron chi connectivity index (χ0n) is 11.2. The molecule has 0 aliphatic rings. The summed E-state index contributed by atoms with van der Waals surface area (Å²) < 4.78 is 4.61. The number of esters is 1. The van der Waals surface area contributed by atoms with Crippen molar-refractivity contribution in [2.75, 3.05) is 7.11 Å². The van der Waals surface area contributed by atoms with Crippen molar-refractivity contribution in [3.05, 3.63) is 35.4 Å². The molecule has 0 spiro atoms. The molecule has 17 heavy (non-hydrogen) atoms. The van der Waals surface area contributed by atoms with Gasteiger partial charge in [-0.3, -0.25) is 4.79 Å². The maximum absolute atomic E-state index is 11.0. The number of hydrogen-bond donors (Lipinski definition) is 0.